The first-order chi connectivity index (χ1) is 6.27. The molecule has 2 unspecified atom stereocenters. The number of carbonyl (C=O) groups is 1. The summed E-state index contributed by atoms with van der Waals surface area (Å²) in [7, 11) is 0. The maximum absolute atomic E-state index is 10.5. The summed E-state index contributed by atoms with van der Waals surface area (Å²) in [5.41, 5.74) is 0. The van der Waals surface area contributed by atoms with E-state index in [0.29, 0.717) is 18.3 Å². The molecule has 1 aliphatic carbocycles. The number of aliphatic carboxylic acids is 1. The van der Waals surface area contributed by atoms with Gasteiger partial charge in [-0.1, -0.05) is 0 Å². The van der Waals surface area contributed by atoms with Gasteiger partial charge in [-0.05, 0) is 37.0 Å². The summed E-state index contributed by atoms with van der Waals surface area (Å²) in [5, 5.41) is 8.62. The van der Waals surface area contributed by atoms with Gasteiger partial charge in [0.2, 0.25) is 0 Å². The zero-order chi connectivity index (χ0) is 9.26. The summed E-state index contributed by atoms with van der Waals surface area (Å²) in [6.07, 6.45) is 3.79. The Morgan fingerprint density at radius 1 is 1.38 bits per heavy atom. The van der Waals surface area contributed by atoms with Crippen molar-refractivity contribution in [1.82, 2.24) is 0 Å². The first-order valence-electron chi connectivity index (χ1n) is 5.07. The second-order valence-electron chi connectivity index (χ2n) is 4.21. The molecule has 2 rings (SSSR count). The third kappa shape index (κ3) is 2.21. The molecule has 0 aromatic heterocycles. The van der Waals surface area contributed by atoms with Crippen LogP contribution in [0.5, 0.6) is 0 Å². The molecular formula is C10H16O3. The third-order valence-electron chi connectivity index (χ3n) is 3.29. The van der Waals surface area contributed by atoms with Crippen LogP contribution in [0.15, 0.2) is 0 Å². The largest absolute Gasteiger partial charge is 0.481 e. The Bertz CT molecular complexity index is 196. The van der Waals surface area contributed by atoms with Crippen LogP contribution in [0.3, 0.4) is 0 Å². The quantitative estimate of drug-likeness (QED) is 0.723. The van der Waals surface area contributed by atoms with Gasteiger partial charge in [-0.3, -0.25) is 4.79 Å². The van der Waals surface area contributed by atoms with E-state index in [0.717, 1.165) is 38.4 Å². The predicted octanol–water partition coefficient (Wildman–Crippen LogP) is 1.52. The van der Waals surface area contributed by atoms with Gasteiger partial charge in [0.1, 0.15) is 0 Å². The Morgan fingerprint density at radius 2 is 2.08 bits per heavy atom. The van der Waals surface area contributed by atoms with E-state index in [1.807, 2.05) is 0 Å². The maximum Gasteiger partial charge on any atom is 0.303 e. The lowest BCUT2D eigenvalue weighted by molar-refractivity contribution is -0.137. The average Bonchev–Trinajstić information content (AvgIpc) is 2.84. The molecule has 1 saturated heterocycles. The molecule has 1 aliphatic heterocycles. The zero-order valence-corrected chi connectivity index (χ0v) is 7.74. The predicted molar refractivity (Wildman–Crippen MR) is 47.4 cm³/mol. The summed E-state index contributed by atoms with van der Waals surface area (Å²) in [6, 6.07) is 0. The van der Waals surface area contributed by atoms with Crippen LogP contribution < -0.4 is 0 Å². The molecule has 1 saturated carbocycles. The zero-order valence-electron chi connectivity index (χ0n) is 7.74. The average molecular weight is 184 g/mol. The molecule has 0 bridgehead atoms. The maximum atomic E-state index is 10.5. The molecule has 3 nitrogen and oxygen atoms in total. The Balaban J connectivity index is 1.74. The van der Waals surface area contributed by atoms with E-state index in [-0.39, 0.29) is 0 Å². The van der Waals surface area contributed by atoms with Gasteiger partial charge in [0, 0.05) is 19.6 Å². The highest BCUT2D eigenvalue weighted by atomic mass is 16.5. The molecule has 74 valence electrons. The van der Waals surface area contributed by atoms with Crippen molar-refractivity contribution < 1.29 is 14.6 Å². The summed E-state index contributed by atoms with van der Waals surface area (Å²) in [5.74, 6) is 1.28. The number of rotatable bonds is 3. The number of carboxylic acid groups (broad SMARTS) is 1. The Hall–Kier alpha value is -0.570. The Morgan fingerprint density at radius 3 is 2.69 bits per heavy atom. The van der Waals surface area contributed by atoms with Gasteiger partial charge in [-0.2, -0.15) is 0 Å². The lowest BCUT2D eigenvalue weighted by Crippen LogP contribution is -2.18. The fourth-order valence-electron chi connectivity index (χ4n) is 2.45. The number of hydrogen-bond acceptors (Lipinski definition) is 2. The van der Waals surface area contributed by atoms with Crippen molar-refractivity contribution in [3.63, 3.8) is 0 Å². The van der Waals surface area contributed by atoms with E-state index in [9.17, 15) is 4.79 Å². The first kappa shape index (κ1) is 9.00. The fraction of sp³-hybridized carbons (Fsp3) is 0.900. The van der Waals surface area contributed by atoms with Crippen molar-refractivity contribution in [2.75, 3.05) is 13.2 Å². The van der Waals surface area contributed by atoms with E-state index >= 15 is 0 Å². The number of hydrogen-bond donors (Lipinski definition) is 1. The van der Waals surface area contributed by atoms with Crippen LogP contribution >= 0.6 is 0 Å². The van der Waals surface area contributed by atoms with Gasteiger partial charge in [0.25, 0.3) is 0 Å². The second kappa shape index (κ2) is 3.66. The summed E-state index contributed by atoms with van der Waals surface area (Å²) in [6.45, 7) is 1.75. The van der Waals surface area contributed by atoms with Crippen LogP contribution in [0.4, 0.5) is 0 Å². The van der Waals surface area contributed by atoms with Crippen LogP contribution in [0.1, 0.15) is 25.7 Å². The van der Waals surface area contributed by atoms with E-state index in [1.54, 1.807) is 0 Å². The SMILES string of the molecule is O=C(O)CC1CC1C1CCOCC1. The van der Waals surface area contributed by atoms with Crippen LogP contribution in [-0.4, -0.2) is 24.3 Å². The molecule has 1 N–H and O–H groups in total. The topological polar surface area (TPSA) is 46.5 Å². The molecule has 2 aliphatic rings. The summed E-state index contributed by atoms with van der Waals surface area (Å²) < 4.78 is 5.28. The molecule has 0 spiro atoms. The van der Waals surface area contributed by atoms with E-state index in [1.165, 1.54) is 0 Å². The normalized spacial score (nSPS) is 34.5. The van der Waals surface area contributed by atoms with Gasteiger partial charge < -0.3 is 9.84 Å². The number of carboxylic acids is 1. The van der Waals surface area contributed by atoms with E-state index in [4.69, 9.17) is 9.84 Å². The molecule has 2 fully saturated rings. The van der Waals surface area contributed by atoms with Crippen LogP contribution in [0.2, 0.25) is 0 Å². The van der Waals surface area contributed by atoms with Gasteiger partial charge in [0.05, 0.1) is 0 Å². The van der Waals surface area contributed by atoms with Crippen LogP contribution in [-0.2, 0) is 9.53 Å². The van der Waals surface area contributed by atoms with Gasteiger partial charge in [0.15, 0.2) is 0 Å². The standard InChI is InChI=1S/C10H16O3/c11-10(12)6-8-5-9(8)7-1-3-13-4-2-7/h7-9H,1-6H2,(H,11,12). The highest BCUT2D eigenvalue weighted by molar-refractivity contribution is 5.67. The highest BCUT2D eigenvalue weighted by Gasteiger charge is 2.43. The molecule has 1 heterocycles. The van der Waals surface area contributed by atoms with Crippen LogP contribution in [0, 0.1) is 17.8 Å². The molecule has 0 aromatic carbocycles. The van der Waals surface area contributed by atoms with E-state index < -0.39 is 5.97 Å². The lowest BCUT2D eigenvalue weighted by Gasteiger charge is -2.21. The van der Waals surface area contributed by atoms with Gasteiger partial charge in [-0.25, -0.2) is 0 Å². The first-order valence-corrected chi connectivity index (χ1v) is 5.07. The van der Waals surface area contributed by atoms with Crippen molar-refractivity contribution in [1.29, 1.82) is 0 Å². The minimum Gasteiger partial charge on any atom is -0.481 e. The van der Waals surface area contributed by atoms with Crippen molar-refractivity contribution in [3.05, 3.63) is 0 Å². The summed E-state index contributed by atoms with van der Waals surface area (Å²) in [4.78, 5) is 10.5. The molecule has 3 heteroatoms. The molecule has 0 radical (unpaired) electrons. The number of ether oxygens (including phenoxy) is 1. The lowest BCUT2D eigenvalue weighted by atomic mass is 9.93. The Labute approximate surface area is 78.1 Å². The fourth-order valence-corrected chi connectivity index (χ4v) is 2.45. The molecule has 2 atom stereocenters. The molecular weight excluding hydrogens is 168 g/mol. The molecule has 0 amide bonds. The monoisotopic (exact) mass is 184 g/mol. The molecule has 13 heavy (non-hydrogen) atoms. The smallest absolute Gasteiger partial charge is 0.303 e. The molecule has 0 aromatic rings. The van der Waals surface area contributed by atoms with Crippen molar-refractivity contribution in [2.45, 2.75) is 25.7 Å². The summed E-state index contributed by atoms with van der Waals surface area (Å²) >= 11 is 0. The van der Waals surface area contributed by atoms with Crippen molar-refractivity contribution >= 4 is 5.97 Å². The van der Waals surface area contributed by atoms with Crippen molar-refractivity contribution in [2.24, 2.45) is 17.8 Å². The van der Waals surface area contributed by atoms with Crippen molar-refractivity contribution in [3.8, 4) is 0 Å². The van der Waals surface area contributed by atoms with Gasteiger partial charge >= 0.3 is 5.97 Å². The van der Waals surface area contributed by atoms with Crippen LogP contribution in [0.25, 0.3) is 0 Å². The minimum atomic E-state index is -0.639. The van der Waals surface area contributed by atoms with Gasteiger partial charge in [-0.15, -0.1) is 0 Å². The Kier molecular flexibility index (Phi) is 2.54. The van der Waals surface area contributed by atoms with E-state index in [2.05, 4.69) is 0 Å². The highest BCUT2D eigenvalue weighted by Crippen LogP contribution is 2.49. The third-order valence-corrected chi connectivity index (χ3v) is 3.29. The second-order valence-corrected chi connectivity index (χ2v) is 4.21. The minimum absolute atomic E-state index is 0.377.